The first-order valence-electron chi connectivity index (χ1n) is 6.34. The fourth-order valence-corrected chi connectivity index (χ4v) is 2.15. The fourth-order valence-electron chi connectivity index (χ4n) is 2.15. The summed E-state index contributed by atoms with van der Waals surface area (Å²) in [4.78, 5) is 40.6. The van der Waals surface area contributed by atoms with Crippen LogP contribution in [-0.4, -0.2) is 57.8 Å². The van der Waals surface area contributed by atoms with Crippen molar-refractivity contribution < 1.29 is 14.6 Å². The number of hydrogen-bond acceptors (Lipinski definition) is 5. The quantitative estimate of drug-likeness (QED) is 0.606. The Bertz CT molecular complexity index is 565. The van der Waals surface area contributed by atoms with E-state index in [4.69, 9.17) is 9.84 Å². The molecular weight excluding hydrogens is 266 g/mol. The lowest BCUT2D eigenvalue weighted by molar-refractivity contribution is -0.145. The molecule has 0 saturated carbocycles. The van der Waals surface area contributed by atoms with Crippen LogP contribution in [0.3, 0.4) is 0 Å². The molecular formula is C12H17N3O5. The highest BCUT2D eigenvalue weighted by Crippen LogP contribution is 2.12. The molecule has 1 amide bonds. The van der Waals surface area contributed by atoms with Crippen molar-refractivity contribution in [3.05, 3.63) is 32.6 Å². The number of aliphatic hydroxyl groups is 1. The van der Waals surface area contributed by atoms with Crippen molar-refractivity contribution in [2.75, 3.05) is 19.8 Å². The van der Waals surface area contributed by atoms with Crippen molar-refractivity contribution in [1.29, 1.82) is 0 Å². The van der Waals surface area contributed by atoms with E-state index in [0.29, 0.717) is 13.2 Å². The van der Waals surface area contributed by atoms with Gasteiger partial charge in [0.2, 0.25) is 5.91 Å². The van der Waals surface area contributed by atoms with Gasteiger partial charge in [0.05, 0.1) is 31.8 Å². The molecule has 0 aliphatic carbocycles. The van der Waals surface area contributed by atoms with E-state index in [1.807, 2.05) is 11.9 Å². The zero-order valence-corrected chi connectivity index (χ0v) is 11.1. The Morgan fingerprint density at radius 2 is 2.25 bits per heavy atom. The molecule has 1 fully saturated rings. The molecule has 2 rings (SSSR count). The molecule has 0 bridgehead atoms. The highest BCUT2D eigenvalue weighted by atomic mass is 16.5. The molecule has 3 N–H and O–H groups in total. The molecule has 8 nitrogen and oxygen atoms in total. The van der Waals surface area contributed by atoms with Gasteiger partial charge in [-0.05, 0) is 6.92 Å². The first-order chi connectivity index (χ1) is 9.49. The van der Waals surface area contributed by atoms with Crippen LogP contribution in [0.1, 0.15) is 12.6 Å². The van der Waals surface area contributed by atoms with Gasteiger partial charge >= 0.3 is 5.69 Å². The molecule has 0 aromatic carbocycles. The number of nitrogens with one attached hydrogen (secondary N) is 2. The van der Waals surface area contributed by atoms with Gasteiger partial charge in [0, 0.05) is 18.3 Å². The minimum atomic E-state index is -0.636. The van der Waals surface area contributed by atoms with Crippen LogP contribution in [0.25, 0.3) is 0 Å². The van der Waals surface area contributed by atoms with Gasteiger partial charge in [-0.2, -0.15) is 0 Å². The first-order valence-corrected chi connectivity index (χ1v) is 6.34. The van der Waals surface area contributed by atoms with Crippen molar-refractivity contribution in [3.8, 4) is 0 Å². The number of hydrogen-bond donors (Lipinski definition) is 3. The third-order valence-electron chi connectivity index (χ3n) is 3.19. The molecule has 1 aromatic heterocycles. The monoisotopic (exact) mass is 283 g/mol. The second-order valence-corrected chi connectivity index (χ2v) is 4.82. The summed E-state index contributed by atoms with van der Waals surface area (Å²) >= 11 is 0. The van der Waals surface area contributed by atoms with Gasteiger partial charge in [0.25, 0.3) is 5.56 Å². The number of aliphatic hydroxyl groups excluding tert-OH is 1. The standard InChI is InChI=1S/C12H17N3O5/c1-7-6-20-9(5-16)4-15(7)11(18)3-8-2-10(17)14-12(19)13-8/h2,7,9,16H,3-6H2,1H3,(H2,13,14,17,19). The molecule has 0 radical (unpaired) electrons. The summed E-state index contributed by atoms with van der Waals surface area (Å²) in [6, 6.07) is 1.08. The van der Waals surface area contributed by atoms with Crippen molar-refractivity contribution in [1.82, 2.24) is 14.9 Å². The zero-order chi connectivity index (χ0) is 14.7. The largest absolute Gasteiger partial charge is 0.394 e. The fraction of sp³-hybridized carbons (Fsp3) is 0.583. The van der Waals surface area contributed by atoms with E-state index >= 15 is 0 Å². The number of aromatic nitrogens is 2. The lowest BCUT2D eigenvalue weighted by atomic mass is 10.1. The predicted octanol–water partition coefficient (Wildman–Crippen LogP) is -1.79. The van der Waals surface area contributed by atoms with Crippen LogP contribution in [-0.2, 0) is 16.0 Å². The first kappa shape index (κ1) is 14.5. The van der Waals surface area contributed by atoms with E-state index in [0.717, 1.165) is 0 Å². The Kier molecular flexibility index (Phi) is 4.35. The SMILES string of the molecule is CC1COC(CO)CN1C(=O)Cc1cc(=O)[nH]c(=O)[nH]1. The van der Waals surface area contributed by atoms with E-state index < -0.39 is 17.4 Å². The number of rotatable bonds is 3. The molecule has 1 aliphatic rings. The van der Waals surface area contributed by atoms with Crippen molar-refractivity contribution in [2.45, 2.75) is 25.5 Å². The average molecular weight is 283 g/mol. The van der Waals surface area contributed by atoms with Crippen LogP contribution in [0, 0.1) is 0 Å². The molecule has 2 atom stereocenters. The number of morpholine rings is 1. The highest BCUT2D eigenvalue weighted by Gasteiger charge is 2.29. The Hall–Kier alpha value is -1.93. The number of nitrogens with zero attached hydrogens (tertiary/aromatic N) is 1. The van der Waals surface area contributed by atoms with E-state index in [1.165, 1.54) is 6.07 Å². The molecule has 2 heterocycles. The van der Waals surface area contributed by atoms with E-state index in [1.54, 1.807) is 4.90 Å². The zero-order valence-electron chi connectivity index (χ0n) is 11.1. The summed E-state index contributed by atoms with van der Waals surface area (Å²) in [5.74, 6) is -0.222. The van der Waals surface area contributed by atoms with E-state index in [2.05, 4.69) is 4.98 Å². The lowest BCUT2D eigenvalue weighted by Gasteiger charge is -2.37. The number of ether oxygens (including phenoxy) is 1. The van der Waals surface area contributed by atoms with Crippen molar-refractivity contribution in [2.24, 2.45) is 0 Å². The Labute approximate surface area is 114 Å². The number of carbonyl (C=O) groups is 1. The highest BCUT2D eigenvalue weighted by molar-refractivity contribution is 5.78. The Morgan fingerprint density at radius 3 is 2.90 bits per heavy atom. The summed E-state index contributed by atoms with van der Waals surface area (Å²) in [7, 11) is 0. The van der Waals surface area contributed by atoms with Gasteiger partial charge < -0.3 is 19.7 Å². The van der Waals surface area contributed by atoms with Gasteiger partial charge in [-0.25, -0.2) is 4.79 Å². The van der Waals surface area contributed by atoms with Gasteiger partial charge in [-0.3, -0.25) is 14.6 Å². The van der Waals surface area contributed by atoms with Crippen LogP contribution in [0.5, 0.6) is 0 Å². The summed E-state index contributed by atoms with van der Waals surface area (Å²) in [6.07, 6.45) is -0.463. The van der Waals surface area contributed by atoms with Gasteiger partial charge in [0.15, 0.2) is 0 Å². The van der Waals surface area contributed by atoms with E-state index in [9.17, 15) is 14.4 Å². The summed E-state index contributed by atoms with van der Waals surface area (Å²) in [6.45, 7) is 2.33. The molecule has 2 unspecified atom stereocenters. The van der Waals surface area contributed by atoms with Crippen LogP contribution in [0.4, 0.5) is 0 Å². The molecule has 1 aromatic rings. The lowest BCUT2D eigenvalue weighted by Crippen LogP contribution is -2.52. The van der Waals surface area contributed by atoms with Gasteiger partial charge in [-0.1, -0.05) is 0 Å². The van der Waals surface area contributed by atoms with Crippen molar-refractivity contribution >= 4 is 5.91 Å². The normalized spacial score (nSPS) is 22.8. The summed E-state index contributed by atoms with van der Waals surface area (Å²) in [5.41, 5.74) is -0.911. The maximum Gasteiger partial charge on any atom is 0.325 e. The van der Waals surface area contributed by atoms with E-state index in [-0.39, 0.29) is 30.7 Å². The van der Waals surface area contributed by atoms with Crippen LogP contribution in [0.2, 0.25) is 0 Å². The predicted molar refractivity (Wildman–Crippen MR) is 69.4 cm³/mol. The minimum absolute atomic E-state index is 0.0678. The summed E-state index contributed by atoms with van der Waals surface area (Å²) < 4.78 is 5.35. The smallest absolute Gasteiger partial charge is 0.325 e. The van der Waals surface area contributed by atoms with Crippen LogP contribution >= 0.6 is 0 Å². The van der Waals surface area contributed by atoms with Crippen LogP contribution in [0.15, 0.2) is 15.7 Å². The second-order valence-electron chi connectivity index (χ2n) is 4.82. The summed E-state index contributed by atoms with van der Waals surface area (Å²) in [5, 5.41) is 9.08. The van der Waals surface area contributed by atoms with Crippen LogP contribution < -0.4 is 11.2 Å². The number of H-pyrrole nitrogens is 2. The van der Waals surface area contributed by atoms with Gasteiger partial charge in [0.1, 0.15) is 0 Å². The van der Waals surface area contributed by atoms with Crippen molar-refractivity contribution in [3.63, 3.8) is 0 Å². The number of aromatic amines is 2. The number of carbonyl (C=O) groups excluding carboxylic acids is 1. The molecule has 0 spiro atoms. The minimum Gasteiger partial charge on any atom is -0.394 e. The average Bonchev–Trinajstić information content (AvgIpc) is 2.37. The maximum atomic E-state index is 12.2. The molecule has 20 heavy (non-hydrogen) atoms. The molecule has 110 valence electrons. The topological polar surface area (TPSA) is 115 Å². The Balaban J connectivity index is 2.10. The number of amides is 1. The second kappa shape index (κ2) is 6.02. The van der Waals surface area contributed by atoms with Gasteiger partial charge in [-0.15, -0.1) is 0 Å². The molecule has 1 aliphatic heterocycles. The third kappa shape index (κ3) is 3.34. The molecule has 8 heteroatoms. The molecule has 1 saturated heterocycles. The maximum absolute atomic E-state index is 12.2. The Morgan fingerprint density at radius 1 is 1.50 bits per heavy atom. The third-order valence-corrected chi connectivity index (χ3v) is 3.19.